The highest BCUT2D eigenvalue weighted by Crippen LogP contribution is 2.26. The van der Waals surface area contributed by atoms with E-state index in [2.05, 4.69) is 0 Å². The fourth-order valence-corrected chi connectivity index (χ4v) is 1.68. The first-order valence-corrected chi connectivity index (χ1v) is 4.15. The SMILES string of the molecule is COC1C(O)[C@@H](C)CC(O)[C@H]1O. The van der Waals surface area contributed by atoms with Crippen molar-refractivity contribution in [2.24, 2.45) is 5.92 Å². The lowest BCUT2D eigenvalue weighted by Gasteiger charge is -2.38. The second-order valence-electron chi connectivity index (χ2n) is 3.46. The molecule has 0 aliphatic heterocycles. The summed E-state index contributed by atoms with van der Waals surface area (Å²) in [4.78, 5) is 0. The molecule has 0 aromatic carbocycles. The minimum Gasteiger partial charge on any atom is -0.390 e. The van der Waals surface area contributed by atoms with E-state index in [4.69, 9.17) is 4.74 Å². The van der Waals surface area contributed by atoms with Crippen LogP contribution in [0.4, 0.5) is 0 Å². The smallest absolute Gasteiger partial charge is 0.112 e. The number of aliphatic hydroxyl groups is 3. The zero-order chi connectivity index (χ0) is 9.30. The topological polar surface area (TPSA) is 69.9 Å². The van der Waals surface area contributed by atoms with Crippen LogP contribution in [0.5, 0.6) is 0 Å². The third kappa shape index (κ3) is 1.61. The number of methoxy groups -OCH3 is 1. The summed E-state index contributed by atoms with van der Waals surface area (Å²) in [6.45, 7) is 1.83. The average molecular weight is 176 g/mol. The Labute approximate surface area is 71.8 Å². The minimum absolute atomic E-state index is 0.0339. The van der Waals surface area contributed by atoms with Crippen LogP contribution in [-0.2, 0) is 4.74 Å². The van der Waals surface area contributed by atoms with Gasteiger partial charge in [-0.2, -0.15) is 0 Å². The summed E-state index contributed by atoms with van der Waals surface area (Å²) in [7, 11) is 1.42. The molecule has 12 heavy (non-hydrogen) atoms. The molecule has 5 atom stereocenters. The van der Waals surface area contributed by atoms with Crippen molar-refractivity contribution in [3.8, 4) is 0 Å². The van der Waals surface area contributed by atoms with E-state index in [0.717, 1.165) is 0 Å². The number of rotatable bonds is 1. The van der Waals surface area contributed by atoms with Gasteiger partial charge in [0.05, 0.1) is 12.2 Å². The Balaban J connectivity index is 2.67. The summed E-state index contributed by atoms with van der Waals surface area (Å²) >= 11 is 0. The zero-order valence-corrected chi connectivity index (χ0v) is 7.34. The molecule has 72 valence electrons. The molecule has 4 nitrogen and oxygen atoms in total. The molecule has 0 heterocycles. The van der Waals surface area contributed by atoms with Gasteiger partial charge in [0.25, 0.3) is 0 Å². The second kappa shape index (κ2) is 3.70. The van der Waals surface area contributed by atoms with Gasteiger partial charge in [-0.1, -0.05) is 6.92 Å². The Morgan fingerprint density at radius 2 is 1.75 bits per heavy atom. The first-order chi connectivity index (χ1) is 5.57. The predicted molar refractivity (Wildman–Crippen MR) is 42.6 cm³/mol. The monoisotopic (exact) mass is 176 g/mol. The molecule has 0 aromatic heterocycles. The van der Waals surface area contributed by atoms with E-state index in [1.54, 1.807) is 0 Å². The minimum atomic E-state index is -0.971. The van der Waals surface area contributed by atoms with Gasteiger partial charge in [0.1, 0.15) is 12.2 Å². The van der Waals surface area contributed by atoms with E-state index in [1.807, 2.05) is 6.92 Å². The van der Waals surface area contributed by atoms with Crippen molar-refractivity contribution in [1.82, 2.24) is 0 Å². The largest absolute Gasteiger partial charge is 0.390 e. The van der Waals surface area contributed by atoms with Gasteiger partial charge in [0.15, 0.2) is 0 Å². The highest BCUT2D eigenvalue weighted by Gasteiger charge is 2.40. The van der Waals surface area contributed by atoms with Gasteiger partial charge >= 0.3 is 0 Å². The summed E-state index contributed by atoms with van der Waals surface area (Å²) < 4.78 is 4.90. The molecule has 1 aliphatic carbocycles. The first kappa shape index (κ1) is 9.92. The van der Waals surface area contributed by atoms with Gasteiger partial charge in [-0.05, 0) is 12.3 Å². The molecule has 4 heteroatoms. The molecule has 0 radical (unpaired) electrons. The summed E-state index contributed by atoms with van der Waals surface area (Å²) in [5, 5.41) is 28.2. The van der Waals surface area contributed by atoms with Crippen LogP contribution in [0.25, 0.3) is 0 Å². The quantitative estimate of drug-likeness (QED) is 0.485. The maximum Gasteiger partial charge on any atom is 0.112 e. The van der Waals surface area contributed by atoms with Crippen molar-refractivity contribution >= 4 is 0 Å². The van der Waals surface area contributed by atoms with E-state index in [9.17, 15) is 15.3 Å². The van der Waals surface area contributed by atoms with Crippen molar-refractivity contribution in [3.05, 3.63) is 0 Å². The van der Waals surface area contributed by atoms with Gasteiger partial charge in [-0.15, -0.1) is 0 Å². The summed E-state index contributed by atoms with van der Waals surface area (Å²) in [6, 6.07) is 0. The molecular formula is C8H16O4. The fraction of sp³-hybridized carbons (Fsp3) is 1.00. The Hall–Kier alpha value is -0.160. The van der Waals surface area contributed by atoms with Gasteiger partial charge < -0.3 is 20.1 Å². The van der Waals surface area contributed by atoms with E-state index in [1.165, 1.54) is 7.11 Å². The second-order valence-corrected chi connectivity index (χ2v) is 3.46. The van der Waals surface area contributed by atoms with E-state index < -0.39 is 24.4 Å². The van der Waals surface area contributed by atoms with E-state index in [0.29, 0.717) is 6.42 Å². The number of hydrogen-bond acceptors (Lipinski definition) is 4. The van der Waals surface area contributed by atoms with Crippen LogP contribution >= 0.6 is 0 Å². The van der Waals surface area contributed by atoms with Crippen molar-refractivity contribution in [2.45, 2.75) is 37.8 Å². The Morgan fingerprint density at radius 1 is 1.17 bits per heavy atom. The van der Waals surface area contributed by atoms with Crippen LogP contribution in [0.3, 0.4) is 0 Å². The number of hydrogen-bond donors (Lipinski definition) is 3. The van der Waals surface area contributed by atoms with Gasteiger partial charge in [-0.3, -0.25) is 0 Å². The van der Waals surface area contributed by atoms with Crippen molar-refractivity contribution in [3.63, 3.8) is 0 Å². The third-order valence-corrected chi connectivity index (χ3v) is 2.54. The molecule has 3 N–H and O–H groups in total. The maximum absolute atomic E-state index is 9.53. The van der Waals surface area contributed by atoms with E-state index in [-0.39, 0.29) is 5.92 Å². The van der Waals surface area contributed by atoms with Crippen molar-refractivity contribution in [2.75, 3.05) is 7.11 Å². The van der Waals surface area contributed by atoms with Gasteiger partial charge in [0, 0.05) is 7.11 Å². The molecule has 1 aliphatic rings. The van der Waals surface area contributed by atoms with Crippen molar-refractivity contribution < 1.29 is 20.1 Å². The molecule has 1 fully saturated rings. The first-order valence-electron chi connectivity index (χ1n) is 4.15. The highest BCUT2D eigenvalue weighted by atomic mass is 16.5. The highest BCUT2D eigenvalue weighted by molar-refractivity contribution is 4.91. The molecular weight excluding hydrogens is 160 g/mol. The van der Waals surface area contributed by atoms with Crippen LogP contribution in [0.2, 0.25) is 0 Å². The average Bonchev–Trinajstić information content (AvgIpc) is 2.02. The lowest BCUT2D eigenvalue weighted by molar-refractivity contribution is -0.166. The maximum atomic E-state index is 9.53. The lowest BCUT2D eigenvalue weighted by Crippen LogP contribution is -2.53. The molecule has 0 aromatic rings. The normalized spacial score (nSPS) is 49.2. The fourth-order valence-electron chi connectivity index (χ4n) is 1.68. The van der Waals surface area contributed by atoms with Crippen LogP contribution < -0.4 is 0 Å². The zero-order valence-electron chi connectivity index (χ0n) is 7.34. The molecule has 0 spiro atoms. The number of ether oxygens (including phenoxy) is 1. The Bertz CT molecular complexity index is 136. The van der Waals surface area contributed by atoms with Crippen LogP contribution in [-0.4, -0.2) is 46.8 Å². The molecule has 0 bridgehead atoms. The lowest BCUT2D eigenvalue weighted by atomic mass is 9.82. The molecule has 0 saturated heterocycles. The third-order valence-electron chi connectivity index (χ3n) is 2.54. The van der Waals surface area contributed by atoms with Gasteiger partial charge in [-0.25, -0.2) is 0 Å². The Morgan fingerprint density at radius 3 is 2.25 bits per heavy atom. The van der Waals surface area contributed by atoms with Crippen LogP contribution in [0, 0.1) is 5.92 Å². The number of aliphatic hydroxyl groups excluding tert-OH is 3. The van der Waals surface area contributed by atoms with E-state index >= 15 is 0 Å². The van der Waals surface area contributed by atoms with Crippen LogP contribution in [0.1, 0.15) is 13.3 Å². The standard InChI is InChI=1S/C8H16O4/c1-4-3-5(9)7(11)8(12-2)6(4)10/h4-11H,3H2,1-2H3/t4-,5?,6?,7+,8?/m0/s1. The molecule has 1 rings (SSSR count). The molecule has 0 amide bonds. The van der Waals surface area contributed by atoms with Crippen molar-refractivity contribution in [1.29, 1.82) is 0 Å². The van der Waals surface area contributed by atoms with Crippen LogP contribution in [0.15, 0.2) is 0 Å². The molecule has 3 unspecified atom stereocenters. The predicted octanol–water partition coefficient (Wildman–Crippen LogP) is -0.876. The summed E-state index contributed by atoms with van der Waals surface area (Å²) in [5.74, 6) is -0.0339. The van der Waals surface area contributed by atoms with Gasteiger partial charge in [0.2, 0.25) is 0 Å². The Kier molecular flexibility index (Phi) is 3.06. The summed E-state index contributed by atoms with van der Waals surface area (Å²) in [6.07, 6.45) is -2.69. The summed E-state index contributed by atoms with van der Waals surface area (Å²) in [5.41, 5.74) is 0. The molecule has 1 saturated carbocycles.